The molecule has 0 bridgehead atoms. The van der Waals surface area contributed by atoms with E-state index in [-0.39, 0.29) is 11.0 Å². The van der Waals surface area contributed by atoms with Crippen molar-refractivity contribution in [3.63, 3.8) is 0 Å². The van der Waals surface area contributed by atoms with Gasteiger partial charge < -0.3 is 19.9 Å². The van der Waals surface area contributed by atoms with Gasteiger partial charge in [0.2, 0.25) is 0 Å². The number of thiocarbonyl (C=S) groups is 1. The molecule has 1 aliphatic heterocycles. The first kappa shape index (κ1) is 24.6. The fourth-order valence-corrected chi connectivity index (χ4v) is 3.55. The molecule has 8 nitrogen and oxygen atoms in total. The number of likely N-dealkylation sites (N-methyl/N-ethyl adjacent to an activating group) is 1. The monoisotopic (exact) mass is 469 g/mol. The Labute approximate surface area is 200 Å². The number of unbranched alkanes of at least 4 members (excludes halogenated alkanes) is 2. The van der Waals surface area contributed by atoms with Crippen LogP contribution in [0.4, 0.5) is 5.69 Å². The van der Waals surface area contributed by atoms with E-state index in [0.717, 1.165) is 43.8 Å². The number of carbonyl (C=O) groups is 2. The number of benzene rings is 1. The molecule has 0 atom stereocenters. The maximum Gasteiger partial charge on any atom is 0.272 e. The molecule has 1 saturated heterocycles. The molecule has 1 aromatic carbocycles. The van der Waals surface area contributed by atoms with Crippen molar-refractivity contribution in [2.24, 2.45) is 0 Å². The van der Waals surface area contributed by atoms with Crippen LogP contribution in [0.15, 0.2) is 42.6 Å². The molecule has 2 heterocycles. The Kier molecular flexibility index (Phi) is 9.14. The highest BCUT2D eigenvalue weighted by Crippen LogP contribution is 2.16. The summed E-state index contributed by atoms with van der Waals surface area (Å²) in [5, 5.41) is 5.79. The summed E-state index contributed by atoms with van der Waals surface area (Å²) < 4.78 is 5.69. The van der Waals surface area contributed by atoms with Crippen LogP contribution in [-0.2, 0) is 0 Å². The normalized spacial score (nSPS) is 13.9. The minimum Gasteiger partial charge on any atom is -0.494 e. The third-order valence-corrected chi connectivity index (χ3v) is 5.60. The van der Waals surface area contributed by atoms with Crippen molar-refractivity contribution in [1.29, 1.82) is 0 Å². The van der Waals surface area contributed by atoms with Gasteiger partial charge in [-0.05, 0) is 62.1 Å². The molecule has 2 aromatic rings. The van der Waals surface area contributed by atoms with Crippen LogP contribution < -0.4 is 15.4 Å². The standard InChI is InChI=1S/C24H31N5O3S/c1-3-4-5-16-32-20-9-7-19(8-10-20)26-24(33)27-22(30)18-6-11-21(25-17-18)23(31)29-14-12-28(2)13-15-29/h6-11,17H,3-5,12-16H2,1-2H3,(H2,26,27,30,33). The second kappa shape index (κ2) is 12.3. The number of aromatic nitrogens is 1. The quantitative estimate of drug-likeness (QED) is 0.454. The zero-order valence-corrected chi connectivity index (χ0v) is 20.0. The number of pyridine rings is 1. The van der Waals surface area contributed by atoms with E-state index in [9.17, 15) is 9.59 Å². The van der Waals surface area contributed by atoms with E-state index in [1.165, 1.54) is 6.20 Å². The number of carbonyl (C=O) groups excluding carboxylic acids is 2. The molecule has 2 N–H and O–H groups in total. The van der Waals surface area contributed by atoms with Gasteiger partial charge >= 0.3 is 0 Å². The maximum atomic E-state index is 12.6. The SMILES string of the molecule is CCCCCOc1ccc(NC(=S)NC(=O)c2ccc(C(=O)N3CCN(C)CC3)nc2)cc1. The van der Waals surface area contributed by atoms with E-state index in [1.54, 1.807) is 17.0 Å². The molecule has 0 unspecified atom stereocenters. The summed E-state index contributed by atoms with van der Waals surface area (Å²) in [4.78, 5) is 33.2. The fraction of sp³-hybridized carbons (Fsp3) is 0.417. The molecule has 1 aromatic heterocycles. The van der Waals surface area contributed by atoms with Gasteiger partial charge in [-0.2, -0.15) is 0 Å². The minimum absolute atomic E-state index is 0.120. The van der Waals surface area contributed by atoms with E-state index in [1.807, 2.05) is 31.3 Å². The summed E-state index contributed by atoms with van der Waals surface area (Å²) >= 11 is 5.25. The number of ether oxygens (including phenoxy) is 1. The lowest BCUT2D eigenvalue weighted by Gasteiger charge is -2.32. The lowest BCUT2D eigenvalue weighted by atomic mass is 10.2. The second-order valence-electron chi connectivity index (χ2n) is 8.02. The maximum absolute atomic E-state index is 12.6. The Morgan fingerprint density at radius 1 is 1.06 bits per heavy atom. The average Bonchev–Trinajstić information content (AvgIpc) is 2.83. The topological polar surface area (TPSA) is 86.8 Å². The highest BCUT2D eigenvalue weighted by atomic mass is 32.1. The molecule has 2 amide bonds. The van der Waals surface area contributed by atoms with E-state index < -0.39 is 5.91 Å². The number of anilines is 1. The summed E-state index contributed by atoms with van der Waals surface area (Å²) in [5.41, 5.74) is 1.39. The van der Waals surface area contributed by atoms with Crippen molar-refractivity contribution in [3.05, 3.63) is 53.9 Å². The fourth-order valence-electron chi connectivity index (χ4n) is 3.34. The van der Waals surface area contributed by atoms with Crippen LogP contribution in [-0.4, -0.2) is 71.5 Å². The molecular formula is C24H31N5O3S. The lowest BCUT2D eigenvalue weighted by Crippen LogP contribution is -2.47. The number of piperazine rings is 1. The first-order valence-corrected chi connectivity index (χ1v) is 11.7. The van der Waals surface area contributed by atoms with Crippen molar-refractivity contribution < 1.29 is 14.3 Å². The molecular weight excluding hydrogens is 438 g/mol. The van der Waals surface area contributed by atoms with Crippen LogP contribution in [0.3, 0.4) is 0 Å². The lowest BCUT2D eigenvalue weighted by molar-refractivity contribution is 0.0657. The van der Waals surface area contributed by atoms with Gasteiger partial charge in [0.25, 0.3) is 11.8 Å². The van der Waals surface area contributed by atoms with E-state index >= 15 is 0 Å². The Morgan fingerprint density at radius 3 is 2.42 bits per heavy atom. The molecule has 176 valence electrons. The molecule has 0 spiro atoms. The first-order valence-electron chi connectivity index (χ1n) is 11.3. The van der Waals surface area contributed by atoms with Crippen molar-refractivity contribution >= 4 is 34.8 Å². The van der Waals surface area contributed by atoms with Gasteiger partial charge in [-0.1, -0.05) is 19.8 Å². The van der Waals surface area contributed by atoms with Crippen LogP contribution in [0.25, 0.3) is 0 Å². The van der Waals surface area contributed by atoms with Gasteiger partial charge in [0.15, 0.2) is 5.11 Å². The van der Waals surface area contributed by atoms with Gasteiger partial charge in [-0.15, -0.1) is 0 Å². The molecule has 1 aliphatic rings. The van der Waals surface area contributed by atoms with Gasteiger partial charge in [-0.3, -0.25) is 19.9 Å². The minimum atomic E-state index is -0.394. The molecule has 1 fully saturated rings. The second-order valence-corrected chi connectivity index (χ2v) is 8.42. The Bertz CT molecular complexity index is 942. The average molecular weight is 470 g/mol. The number of nitrogens with one attached hydrogen (secondary N) is 2. The smallest absolute Gasteiger partial charge is 0.272 e. The van der Waals surface area contributed by atoms with Crippen LogP contribution >= 0.6 is 12.2 Å². The van der Waals surface area contributed by atoms with Gasteiger partial charge in [-0.25, -0.2) is 0 Å². The summed E-state index contributed by atoms with van der Waals surface area (Å²) in [6, 6.07) is 10.6. The molecule has 0 saturated carbocycles. The summed E-state index contributed by atoms with van der Waals surface area (Å²) in [6.07, 6.45) is 4.74. The van der Waals surface area contributed by atoms with Crippen molar-refractivity contribution in [3.8, 4) is 5.75 Å². The third kappa shape index (κ3) is 7.50. The van der Waals surface area contributed by atoms with Crippen molar-refractivity contribution in [1.82, 2.24) is 20.1 Å². The number of rotatable bonds is 8. The van der Waals surface area contributed by atoms with Crippen LogP contribution in [0.5, 0.6) is 5.75 Å². The van der Waals surface area contributed by atoms with E-state index in [0.29, 0.717) is 31.0 Å². The van der Waals surface area contributed by atoms with Gasteiger partial charge in [0, 0.05) is 38.1 Å². The van der Waals surface area contributed by atoms with Crippen molar-refractivity contribution in [2.45, 2.75) is 26.2 Å². The summed E-state index contributed by atoms with van der Waals surface area (Å²) in [5.74, 6) is 0.281. The van der Waals surface area contributed by atoms with Crippen LogP contribution in [0.1, 0.15) is 47.0 Å². The highest BCUT2D eigenvalue weighted by Gasteiger charge is 2.21. The molecule has 0 aliphatic carbocycles. The Hall–Kier alpha value is -3.04. The summed E-state index contributed by atoms with van der Waals surface area (Å²) in [6.45, 7) is 5.88. The number of nitrogens with zero attached hydrogens (tertiary/aromatic N) is 3. The zero-order chi connectivity index (χ0) is 23.6. The molecule has 3 rings (SSSR count). The van der Waals surface area contributed by atoms with Crippen LogP contribution in [0, 0.1) is 0 Å². The Balaban J connectivity index is 1.47. The van der Waals surface area contributed by atoms with Gasteiger partial charge in [0.1, 0.15) is 11.4 Å². The largest absolute Gasteiger partial charge is 0.494 e. The number of amides is 2. The zero-order valence-electron chi connectivity index (χ0n) is 19.2. The van der Waals surface area contributed by atoms with Crippen molar-refractivity contribution in [2.75, 3.05) is 45.2 Å². The Morgan fingerprint density at radius 2 is 1.79 bits per heavy atom. The third-order valence-electron chi connectivity index (χ3n) is 5.39. The number of hydrogen-bond donors (Lipinski definition) is 2. The van der Waals surface area contributed by atoms with Crippen LogP contribution in [0.2, 0.25) is 0 Å². The molecule has 9 heteroatoms. The van der Waals surface area contributed by atoms with E-state index in [4.69, 9.17) is 17.0 Å². The van der Waals surface area contributed by atoms with E-state index in [2.05, 4.69) is 27.4 Å². The summed E-state index contributed by atoms with van der Waals surface area (Å²) in [7, 11) is 2.03. The highest BCUT2D eigenvalue weighted by molar-refractivity contribution is 7.80. The first-order chi connectivity index (χ1) is 16.0. The number of hydrogen-bond acceptors (Lipinski definition) is 6. The predicted molar refractivity (Wildman–Crippen MR) is 133 cm³/mol. The molecule has 33 heavy (non-hydrogen) atoms. The molecule has 0 radical (unpaired) electrons. The predicted octanol–water partition coefficient (Wildman–Crippen LogP) is 3.17. The van der Waals surface area contributed by atoms with Gasteiger partial charge in [0.05, 0.1) is 12.2 Å².